The van der Waals surface area contributed by atoms with Gasteiger partial charge in [-0.2, -0.15) is 0 Å². The van der Waals surface area contributed by atoms with Gasteiger partial charge in [0, 0.05) is 19.3 Å². The molecule has 1 heterocycles. The summed E-state index contributed by atoms with van der Waals surface area (Å²) in [4.78, 5) is 7.96. The molecule has 16 heavy (non-hydrogen) atoms. The molecule has 0 aliphatic heterocycles. The maximum atomic E-state index is 9.89. The zero-order valence-corrected chi connectivity index (χ0v) is 10.1. The van der Waals surface area contributed by atoms with Gasteiger partial charge in [0.15, 0.2) is 0 Å². The Kier molecular flexibility index (Phi) is 5.96. The minimum absolute atomic E-state index is 0.267. The van der Waals surface area contributed by atoms with Crippen molar-refractivity contribution in [2.75, 3.05) is 6.54 Å². The van der Waals surface area contributed by atoms with Gasteiger partial charge in [0.05, 0.1) is 11.8 Å². The second kappa shape index (κ2) is 7.30. The van der Waals surface area contributed by atoms with Crippen LogP contribution in [0, 0.1) is 5.92 Å². The first-order valence-electron chi connectivity index (χ1n) is 5.91. The quantitative estimate of drug-likeness (QED) is 0.733. The van der Waals surface area contributed by atoms with E-state index in [-0.39, 0.29) is 6.10 Å². The number of hydrogen-bond donors (Lipinski definition) is 2. The first-order valence-corrected chi connectivity index (χ1v) is 5.91. The van der Waals surface area contributed by atoms with Crippen molar-refractivity contribution in [3.8, 4) is 0 Å². The van der Waals surface area contributed by atoms with E-state index in [9.17, 15) is 5.11 Å². The third kappa shape index (κ3) is 4.24. The van der Waals surface area contributed by atoms with Gasteiger partial charge in [0.2, 0.25) is 0 Å². The van der Waals surface area contributed by atoms with E-state index >= 15 is 0 Å². The van der Waals surface area contributed by atoms with Crippen LogP contribution in [0.1, 0.15) is 32.4 Å². The van der Waals surface area contributed by atoms with E-state index in [2.05, 4.69) is 29.1 Å². The Bertz CT molecular complexity index is 275. The minimum Gasteiger partial charge on any atom is -0.392 e. The molecule has 1 rings (SSSR count). The van der Waals surface area contributed by atoms with E-state index in [1.165, 1.54) is 6.33 Å². The lowest BCUT2D eigenvalue weighted by molar-refractivity contribution is 0.101. The van der Waals surface area contributed by atoms with Crippen molar-refractivity contribution >= 4 is 0 Å². The van der Waals surface area contributed by atoms with Crippen molar-refractivity contribution in [1.29, 1.82) is 0 Å². The molecular weight excluding hydrogens is 202 g/mol. The van der Waals surface area contributed by atoms with E-state index in [0.717, 1.165) is 18.5 Å². The molecule has 1 unspecified atom stereocenters. The van der Waals surface area contributed by atoms with Gasteiger partial charge in [-0.15, -0.1) is 0 Å². The van der Waals surface area contributed by atoms with Crippen LogP contribution in [-0.4, -0.2) is 27.7 Å². The number of hydrogen-bond acceptors (Lipinski definition) is 4. The summed E-state index contributed by atoms with van der Waals surface area (Å²) in [6, 6.07) is 1.87. The highest BCUT2D eigenvalue weighted by molar-refractivity contribution is 4.96. The molecule has 1 aromatic rings. The molecule has 0 saturated heterocycles. The van der Waals surface area contributed by atoms with Gasteiger partial charge in [0.25, 0.3) is 0 Å². The number of aromatic nitrogens is 2. The largest absolute Gasteiger partial charge is 0.392 e. The summed E-state index contributed by atoms with van der Waals surface area (Å²) in [7, 11) is 0. The van der Waals surface area contributed by atoms with Gasteiger partial charge in [-0.05, 0) is 12.0 Å². The summed E-state index contributed by atoms with van der Waals surface area (Å²) >= 11 is 0. The topological polar surface area (TPSA) is 58.0 Å². The molecule has 0 saturated carbocycles. The average molecular weight is 223 g/mol. The third-order valence-electron chi connectivity index (χ3n) is 2.90. The summed E-state index contributed by atoms with van der Waals surface area (Å²) in [5, 5.41) is 13.1. The highest BCUT2D eigenvalue weighted by atomic mass is 16.3. The van der Waals surface area contributed by atoms with Gasteiger partial charge in [-0.1, -0.05) is 26.7 Å². The zero-order valence-electron chi connectivity index (χ0n) is 10.1. The van der Waals surface area contributed by atoms with Crippen molar-refractivity contribution in [2.24, 2.45) is 5.92 Å². The Morgan fingerprint density at radius 2 is 2.12 bits per heavy atom. The predicted molar refractivity (Wildman–Crippen MR) is 63.8 cm³/mol. The van der Waals surface area contributed by atoms with Gasteiger partial charge in [-0.25, -0.2) is 9.97 Å². The molecule has 0 amide bonds. The Balaban J connectivity index is 2.25. The molecule has 1 aromatic heterocycles. The molecule has 0 fully saturated rings. The lowest BCUT2D eigenvalue weighted by Crippen LogP contribution is -2.32. The first kappa shape index (κ1) is 13.1. The van der Waals surface area contributed by atoms with Crippen molar-refractivity contribution in [1.82, 2.24) is 15.3 Å². The number of aliphatic hydroxyl groups is 1. The molecule has 2 N–H and O–H groups in total. The van der Waals surface area contributed by atoms with Crippen LogP contribution in [0.3, 0.4) is 0 Å². The molecule has 1 atom stereocenters. The van der Waals surface area contributed by atoms with E-state index < -0.39 is 0 Å². The second-order valence-electron chi connectivity index (χ2n) is 3.98. The summed E-state index contributed by atoms with van der Waals surface area (Å²) in [6.07, 6.45) is 5.03. The lowest BCUT2D eigenvalue weighted by atomic mass is 9.96. The molecule has 4 heteroatoms. The van der Waals surface area contributed by atoms with Gasteiger partial charge in [0.1, 0.15) is 6.33 Å². The normalized spacial score (nSPS) is 13.0. The van der Waals surface area contributed by atoms with Crippen LogP contribution < -0.4 is 5.32 Å². The van der Waals surface area contributed by atoms with Crippen LogP contribution in [0.2, 0.25) is 0 Å². The smallest absolute Gasteiger partial charge is 0.115 e. The highest BCUT2D eigenvalue weighted by Crippen LogP contribution is 2.12. The molecule has 0 aliphatic carbocycles. The van der Waals surface area contributed by atoms with Crippen LogP contribution >= 0.6 is 0 Å². The number of nitrogens with one attached hydrogen (secondary N) is 1. The molecule has 0 radical (unpaired) electrons. The monoisotopic (exact) mass is 223 g/mol. The molecule has 90 valence electrons. The molecule has 0 aromatic carbocycles. The van der Waals surface area contributed by atoms with E-state index in [0.29, 0.717) is 19.0 Å². The average Bonchev–Trinajstić information content (AvgIpc) is 2.32. The van der Waals surface area contributed by atoms with Gasteiger partial charge in [-0.3, -0.25) is 0 Å². The van der Waals surface area contributed by atoms with Gasteiger partial charge >= 0.3 is 0 Å². The third-order valence-corrected chi connectivity index (χ3v) is 2.90. The minimum atomic E-state index is -0.267. The maximum absolute atomic E-state index is 9.89. The SMILES string of the molecule is CCC(CC)C(O)CNCc1ccncn1. The predicted octanol–water partition coefficient (Wildman–Crippen LogP) is 1.36. The maximum Gasteiger partial charge on any atom is 0.115 e. The summed E-state index contributed by atoms with van der Waals surface area (Å²) in [5.74, 6) is 0.387. The summed E-state index contributed by atoms with van der Waals surface area (Å²) in [6.45, 7) is 5.53. The molecule has 4 nitrogen and oxygen atoms in total. The summed E-state index contributed by atoms with van der Waals surface area (Å²) < 4.78 is 0. The Hall–Kier alpha value is -1.00. The first-order chi connectivity index (χ1) is 7.77. The fourth-order valence-electron chi connectivity index (χ4n) is 1.77. The zero-order chi connectivity index (χ0) is 11.8. The van der Waals surface area contributed by atoms with Crippen molar-refractivity contribution < 1.29 is 5.11 Å². The van der Waals surface area contributed by atoms with Crippen molar-refractivity contribution in [2.45, 2.75) is 39.3 Å². The fraction of sp³-hybridized carbons (Fsp3) is 0.667. The Morgan fingerprint density at radius 3 is 2.69 bits per heavy atom. The molecule has 0 aliphatic rings. The standard InChI is InChI=1S/C12H21N3O/c1-3-10(4-2)12(16)8-14-7-11-5-6-13-9-15-11/h5-6,9-10,12,14,16H,3-4,7-8H2,1-2H3. The Morgan fingerprint density at radius 1 is 1.38 bits per heavy atom. The Labute approximate surface area is 97.1 Å². The van der Waals surface area contributed by atoms with Gasteiger partial charge < -0.3 is 10.4 Å². The van der Waals surface area contributed by atoms with Crippen LogP contribution in [0.25, 0.3) is 0 Å². The summed E-state index contributed by atoms with van der Waals surface area (Å²) in [5.41, 5.74) is 0.951. The number of nitrogens with zero attached hydrogens (tertiary/aromatic N) is 2. The second-order valence-corrected chi connectivity index (χ2v) is 3.98. The van der Waals surface area contributed by atoms with Crippen LogP contribution in [-0.2, 0) is 6.54 Å². The number of aliphatic hydroxyl groups excluding tert-OH is 1. The fourth-order valence-corrected chi connectivity index (χ4v) is 1.77. The van der Waals surface area contributed by atoms with Crippen LogP contribution in [0.15, 0.2) is 18.6 Å². The van der Waals surface area contributed by atoms with Crippen molar-refractivity contribution in [3.63, 3.8) is 0 Å². The highest BCUT2D eigenvalue weighted by Gasteiger charge is 2.14. The van der Waals surface area contributed by atoms with E-state index in [4.69, 9.17) is 0 Å². The molecular formula is C12H21N3O. The van der Waals surface area contributed by atoms with Crippen molar-refractivity contribution in [3.05, 3.63) is 24.3 Å². The number of rotatable bonds is 7. The lowest BCUT2D eigenvalue weighted by Gasteiger charge is -2.20. The van der Waals surface area contributed by atoms with E-state index in [1.807, 2.05) is 6.07 Å². The van der Waals surface area contributed by atoms with Crippen LogP contribution in [0.5, 0.6) is 0 Å². The molecule has 0 spiro atoms. The van der Waals surface area contributed by atoms with E-state index in [1.54, 1.807) is 6.20 Å². The van der Waals surface area contributed by atoms with Crippen LogP contribution in [0.4, 0.5) is 0 Å². The molecule has 0 bridgehead atoms.